The van der Waals surface area contributed by atoms with Crippen molar-refractivity contribution in [3.8, 4) is 0 Å². The molecule has 6 nitrogen and oxygen atoms in total. The first kappa shape index (κ1) is 14.6. The van der Waals surface area contributed by atoms with Gasteiger partial charge in [-0.15, -0.1) is 0 Å². The number of Topliss-reactive ketones (excluding diaryl/α,β-unsaturated/α-hetero) is 1. The molecule has 0 radical (unpaired) electrons. The molecule has 0 atom stereocenters. The molecule has 1 N–H and O–H groups in total. The molecule has 1 aromatic heterocycles. The summed E-state index contributed by atoms with van der Waals surface area (Å²) in [6.45, 7) is 1.48. The van der Waals surface area contributed by atoms with Crippen molar-refractivity contribution < 1.29 is 9.59 Å². The molecule has 1 heterocycles. The molecule has 0 aliphatic carbocycles. The molecule has 6 heteroatoms. The molecule has 0 aliphatic heterocycles. The first-order valence-corrected chi connectivity index (χ1v) is 6.39. The van der Waals surface area contributed by atoms with Crippen LogP contribution in [0.3, 0.4) is 0 Å². The summed E-state index contributed by atoms with van der Waals surface area (Å²) in [5, 5.41) is 2.71. The van der Waals surface area contributed by atoms with Crippen molar-refractivity contribution in [3.63, 3.8) is 0 Å². The van der Waals surface area contributed by atoms with E-state index in [4.69, 9.17) is 0 Å². The zero-order valence-corrected chi connectivity index (χ0v) is 12.1. The minimum atomic E-state index is -0.272. The van der Waals surface area contributed by atoms with Gasteiger partial charge in [0.15, 0.2) is 5.78 Å². The number of amides is 1. The molecule has 0 bridgehead atoms. The van der Waals surface area contributed by atoms with Crippen LogP contribution in [0.5, 0.6) is 0 Å². The van der Waals surface area contributed by atoms with E-state index in [1.807, 2.05) is 14.1 Å². The van der Waals surface area contributed by atoms with E-state index in [9.17, 15) is 9.59 Å². The van der Waals surface area contributed by atoms with E-state index in [1.54, 1.807) is 41.6 Å². The predicted octanol–water partition coefficient (Wildman–Crippen LogP) is 2.00. The lowest BCUT2D eigenvalue weighted by Crippen LogP contribution is -2.15. The number of anilines is 2. The van der Waals surface area contributed by atoms with Crippen molar-refractivity contribution in [1.29, 1.82) is 0 Å². The minimum absolute atomic E-state index is 0.0327. The number of carbonyl (C=O) groups is 2. The van der Waals surface area contributed by atoms with Crippen LogP contribution in [-0.4, -0.2) is 35.8 Å². The molecular formula is C15H16N4O2. The number of benzene rings is 1. The van der Waals surface area contributed by atoms with E-state index < -0.39 is 0 Å². The monoisotopic (exact) mass is 284 g/mol. The predicted molar refractivity (Wildman–Crippen MR) is 80.8 cm³/mol. The average molecular weight is 284 g/mol. The molecule has 2 aromatic rings. The van der Waals surface area contributed by atoms with Crippen molar-refractivity contribution in [3.05, 3.63) is 47.8 Å². The zero-order chi connectivity index (χ0) is 15.4. The van der Waals surface area contributed by atoms with Crippen molar-refractivity contribution in [2.45, 2.75) is 6.92 Å². The molecule has 2 rings (SSSR count). The highest BCUT2D eigenvalue weighted by molar-refractivity contribution is 6.04. The second kappa shape index (κ2) is 6.13. The van der Waals surface area contributed by atoms with E-state index in [0.29, 0.717) is 22.8 Å². The number of hydrogen-bond acceptors (Lipinski definition) is 5. The van der Waals surface area contributed by atoms with Crippen molar-refractivity contribution in [2.24, 2.45) is 0 Å². The third-order valence-electron chi connectivity index (χ3n) is 2.85. The van der Waals surface area contributed by atoms with Crippen LogP contribution in [0.2, 0.25) is 0 Å². The number of nitrogens with one attached hydrogen (secondary N) is 1. The molecule has 1 amide bonds. The second-order valence-corrected chi connectivity index (χ2v) is 4.75. The first-order chi connectivity index (χ1) is 9.97. The second-order valence-electron chi connectivity index (χ2n) is 4.75. The van der Waals surface area contributed by atoms with E-state index in [1.165, 1.54) is 6.92 Å². The summed E-state index contributed by atoms with van der Waals surface area (Å²) in [5.74, 6) is 0.264. The first-order valence-electron chi connectivity index (χ1n) is 6.39. The fourth-order valence-electron chi connectivity index (χ4n) is 1.68. The number of ketones is 1. The van der Waals surface area contributed by atoms with Crippen molar-refractivity contribution >= 4 is 23.3 Å². The zero-order valence-electron chi connectivity index (χ0n) is 12.1. The molecular weight excluding hydrogens is 268 g/mol. The van der Waals surface area contributed by atoms with Gasteiger partial charge >= 0.3 is 0 Å². The summed E-state index contributed by atoms with van der Waals surface area (Å²) in [7, 11) is 3.67. The van der Waals surface area contributed by atoms with Gasteiger partial charge in [0.25, 0.3) is 5.91 Å². The highest BCUT2D eigenvalue weighted by Crippen LogP contribution is 2.11. The van der Waals surface area contributed by atoms with Gasteiger partial charge in [-0.1, -0.05) is 12.1 Å². The summed E-state index contributed by atoms with van der Waals surface area (Å²) < 4.78 is 0. The normalized spacial score (nSPS) is 10.0. The number of carbonyl (C=O) groups excluding carboxylic acids is 2. The Morgan fingerprint density at radius 2 is 1.52 bits per heavy atom. The van der Waals surface area contributed by atoms with Crippen LogP contribution in [0.15, 0.2) is 36.7 Å². The Labute approximate surface area is 122 Å². The highest BCUT2D eigenvalue weighted by atomic mass is 16.1. The van der Waals surface area contributed by atoms with Crippen molar-refractivity contribution in [1.82, 2.24) is 9.97 Å². The SMILES string of the molecule is CC(=O)c1ccc(C(=O)Nc2cnc(N(C)C)nc2)cc1. The van der Waals surface area contributed by atoms with Crippen LogP contribution < -0.4 is 10.2 Å². The van der Waals surface area contributed by atoms with Crippen LogP contribution in [0, 0.1) is 0 Å². The van der Waals surface area contributed by atoms with Gasteiger partial charge in [-0.25, -0.2) is 9.97 Å². The lowest BCUT2D eigenvalue weighted by Gasteiger charge is -2.10. The lowest BCUT2D eigenvalue weighted by atomic mass is 10.1. The fourth-order valence-corrected chi connectivity index (χ4v) is 1.68. The van der Waals surface area contributed by atoms with E-state index in [-0.39, 0.29) is 11.7 Å². The van der Waals surface area contributed by atoms with Gasteiger partial charge in [0.05, 0.1) is 18.1 Å². The fraction of sp³-hybridized carbons (Fsp3) is 0.200. The van der Waals surface area contributed by atoms with Gasteiger partial charge in [-0.2, -0.15) is 0 Å². The van der Waals surface area contributed by atoms with Gasteiger partial charge in [0.1, 0.15) is 0 Å². The summed E-state index contributed by atoms with van der Waals surface area (Å²) in [4.78, 5) is 33.2. The quantitative estimate of drug-likeness (QED) is 0.869. The Morgan fingerprint density at radius 3 is 2.00 bits per heavy atom. The average Bonchev–Trinajstić information content (AvgIpc) is 2.47. The summed E-state index contributed by atoms with van der Waals surface area (Å²) in [5.41, 5.74) is 1.56. The van der Waals surface area contributed by atoms with Gasteiger partial charge < -0.3 is 10.2 Å². The Bertz CT molecular complexity index is 648. The Balaban J connectivity index is 2.08. The lowest BCUT2D eigenvalue weighted by molar-refractivity contribution is 0.100. The standard InChI is InChI=1S/C15H16N4O2/c1-10(20)11-4-6-12(7-5-11)14(21)18-13-8-16-15(17-9-13)19(2)3/h4-9H,1-3H3,(H,18,21). The number of nitrogens with zero attached hydrogens (tertiary/aromatic N) is 3. The smallest absolute Gasteiger partial charge is 0.255 e. The van der Waals surface area contributed by atoms with Crippen LogP contribution in [-0.2, 0) is 0 Å². The largest absolute Gasteiger partial charge is 0.347 e. The molecule has 1 aromatic carbocycles. The maximum Gasteiger partial charge on any atom is 0.255 e. The molecule has 108 valence electrons. The maximum absolute atomic E-state index is 12.1. The van der Waals surface area contributed by atoms with Crippen LogP contribution >= 0.6 is 0 Å². The number of hydrogen-bond donors (Lipinski definition) is 1. The Morgan fingerprint density at radius 1 is 1.00 bits per heavy atom. The van der Waals surface area contributed by atoms with E-state index >= 15 is 0 Å². The number of rotatable bonds is 4. The highest BCUT2D eigenvalue weighted by Gasteiger charge is 2.08. The third kappa shape index (κ3) is 3.62. The van der Waals surface area contributed by atoms with Crippen molar-refractivity contribution in [2.75, 3.05) is 24.3 Å². The summed E-state index contributed by atoms with van der Waals surface area (Å²) >= 11 is 0. The molecule has 21 heavy (non-hydrogen) atoms. The number of aromatic nitrogens is 2. The summed E-state index contributed by atoms with van der Waals surface area (Å²) in [6, 6.07) is 6.48. The third-order valence-corrected chi connectivity index (χ3v) is 2.85. The van der Waals surface area contributed by atoms with Gasteiger partial charge in [-0.3, -0.25) is 9.59 Å². The van der Waals surface area contributed by atoms with E-state index in [0.717, 1.165) is 0 Å². The molecule has 0 saturated carbocycles. The topological polar surface area (TPSA) is 75.2 Å². The Hall–Kier alpha value is -2.76. The van der Waals surface area contributed by atoms with Gasteiger partial charge in [-0.05, 0) is 19.1 Å². The maximum atomic E-state index is 12.1. The minimum Gasteiger partial charge on any atom is -0.347 e. The Kier molecular flexibility index (Phi) is 4.27. The molecule has 0 aliphatic rings. The van der Waals surface area contributed by atoms with Gasteiger partial charge in [0.2, 0.25) is 5.95 Å². The molecule has 0 unspecified atom stereocenters. The van der Waals surface area contributed by atoms with Crippen LogP contribution in [0.25, 0.3) is 0 Å². The van der Waals surface area contributed by atoms with Crippen LogP contribution in [0.4, 0.5) is 11.6 Å². The molecule has 0 fully saturated rings. The summed E-state index contributed by atoms with van der Waals surface area (Å²) in [6.07, 6.45) is 3.09. The molecule has 0 spiro atoms. The van der Waals surface area contributed by atoms with E-state index in [2.05, 4.69) is 15.3 Å². The van der Waals surface area contributed by atoms with Gasteiger partial charge in [0, 0.05) is 25.2 Å². The molecule has 0 saturated heterocycles. The van der Waals surface area contributed by atoms with Crippen LogP contribution in [0.1, 0.15) is 27.6 Å².